The first-order valence-electron chi connectivity index (χ1n) is 6.64. The smallest absolute Gasteiger partial charge is 0.257 e. The van der Waals surface area contributed by atoms with Crippen molar-refractivity contribution in [1.29, 1.82) is 0 Å². The van der Waals surface area contributed by atoms with E-state index in [1.54, 1.807) is 4.90 Å². The zero-order chi connectivity index (χ0) is 13.7. The second-order valence-corrected chi connectivity index (χ2v) is 4.73. The third-order valence-corrected chi connectivity index (χ3v) is 3.40. The van der Waals surface area contributed by atoms with E-state index in [4.69, 9.17) is 5.84 Å². The monoisotopic (exact) mass is 266 g/mol. The molecule has 2 rings (SSSR count). The van der Waals surface area contributed by atoms with Crippen LogP contribution in [0.15, 0.2) is 12.3 Å². The van der Waals surface area contributed by atoms with E-state index in [0.29, 0.717) is 13.1 Å². The Kier molecular flexibility index (Phi) is 4.68. The van der Waals surface area contributed by atoms with Crippen LogP contribution in [-0.4, -0.2) is 28.9 Å². The maximum Gasteiger partial charge on any atom is 0.257 e. The molecule has 1 amide bonds. The number of rotatable bonds is 2. The molecule has 1 aliphatic heterocycles. The molecule has 0 atom stereocenters. The predicted octanol–water partition coefficient (Wildman–Crippen LogP) is 1.91. The highest BCUT2D eigenvalue weighted by molar-refractivity contribution is 5.95. The zero-order valence-electron chi connectivity index (χ0n) is 10.9. The minimum absolute atomic E-state index is 0.0310. The van der Waals surface area contributed by atoms with Crippen molar-refractivity contribution in [2.24, 2.45) is 5.84 Å². The number of pyridine rings is 1. The number of hydrogen-bond donors (Lipinski definition) is 2. The number of hydrogen-bond acceptors (Lipinski definition) is 4. The quantitative estimate of drug-likeness (QED) is 0.633. The predicted molar refractivity (Wildman–Crippen MR) is 71.0 cm³/mol. The Morgan fingerprint density at radius 1 is 1.26 bits per heavy atom. The van der Waals surface area contributed by atoms with Gasteiger partial charge in [-0.3, -0.25) is 4.79 Å². The Hall–Kier alpha value is -1.69. The largest absolute Gasteiger partial charge is 0.339 e. The molecular formula is C13H19FN4O. The molecule has 3 N–H and O–H groups in total. The molecule has 1 aromatic heterocycles. The molecule has 1 saturated heterocycles. The van der Waals surface area contributed by atoms with Crippen molar-refractivity contribution in [3.05, 3.63) is 23.6 Å². The van der Waals surface area contributed by atoms with Crippen LogP contribution >= 0.6 is 0 Å². The van der Waals surface area contributed by atoms with Gasteiger partial charge in [-0.15, -0.1) is 0 Å². The molecular weight excluding hydrogens is 247 g/mol. The molecule has 104 valence electrons. The van der Waals surface area contributed by atoms with Gasteiger partial charge in [0.05, 0.1) is 5.56 Å². The lowest BCUT2D eigenvalue weighted by Gasteiger charge is -2.25. The highest BCUT2D eigenvalue weighted by atomic mass is 19.1. The number of anilines is 1. The van der Waals surface area contributed by atoms with Crippen LogP contribution in [0.25, 0.3) is 0 Å². The average Bonchev–Trinajstić information content (AvgIpc) is 2.38. The number of nitrogens with one attached hydrogen (secondary N) is 1. The van der Waals surface area contributed by atoms with Crippen LogP contribution in [0.4, 0.5) is 10.2 Å². The van der Waals surface area contributed by atoms with Crippen molar-refractivity contribution in [1.82, 2.24) is 9.88 Å². The number of nitrogen functional groups attached to an aromatic ring is 1. The number of amides is 1. The van der Waals surface area contributed by atoms with Gasteiger partial charge in [-0.2, -0.15) is 0 Å². The van der Waals surface area contributed by atoms with Crippen molar-refractivity contribution < 1.29 is 9.18 Å². The Morgan fingerprint density at radius 2 is 1.89 bits per heavy atom. The van der Waals surface area contributed by atoms with Crippen LogP contribution in [0.2, 0.25) is 0 Å². The van der Waals surface area contributed by atoms with Crippen LogP contribution in [-0.2, 0) is 0 Å². The first kappa shape index (κ1) is 13.7. The first-order valence-corrected chi connectivity index (χ1v) is 6.64. The van der Waals surface area contributed by atoms with Crippen molar-refractivity contribution in [2.45, 2.75) is 32.1 Å². The fraction of sp³-hybridized carbons (Fsp3) is 0.538. The number of aromatic nitrogens is 1. The van der Waals surface area contributed by atoms with Crippen LogP contribution in [0.1, 0.15) is 42.5 Å². The number of carbonyl (C=O) groups is 1. The van der Waals surface area contributed by atoms with Crippen LogP contribution in [0, 0.1) is 5.82 Å². The first-order chi connectivity index (χ1) is 9.24. The minimum Gasteiger partial charge on any atom is -0.339 e. The number of nitrogens with zero attached hydrogens (tertiary/aromatic N) is 2. The van der Waals surface area contributed by atoms with Crippen LogP contribution < -0.4 is 11.3 Å². The van der Waals surface area contributed by atoms with Gasteiger partial charge in [-0.05, 0) is 18.9 Å². The Labute approximate surface area is 112 Å². The third kappa shape index (κ3) is 3.20. The van der Waals surface area contributed by atoms with E-state index in [-0.39, 0.29) is 17.3 Å². The fourth-order valence-corrected chi connectivity index (χ4v) is 2.33. The van der Waals surface area contributed by atoms with E-state index < -0.39 is 5.82 Å². The fourth-order valence-electron chi connectivity index (χ4n) is 2.33. The summed E-state index contributed by atoms with van der Waals surface area (Å²) >= 11 is 0. The highest BCUT2D eigenvalue weighted by Crippen LogP contribution is 2.18. The van der Waals surface area contributed by atoms with E-state index in [1.165, 1.54) is 18.7 Å². The van der Waals surface area contributed by atoms with Gasteiger partial charge in [0, 0.05) is 19.3 Å². The van der Waals surface area contributed by atoms with Crippen LogP contribution in [0.3, 0.4) is 0 Å². The summed E-state index contributed by atoms with van der Waals surface area (Å²) in [6.07, 6.45) is 6.79. The molecule has 6 heteroatoms. The summed E-state index contributed by atoms with van der Waals surface area (Å²) in [6.45, 7) is 1.37. The SMILES string of the molecule is NNc1nccc(C(=O)N2CCCCCCC2)c1F. The maximum atomic E-state index is 14.0. The Morgan fingerprint density at radius 3 is 2.53 bits per heavy atom. The Bertz CT molecular complexity index is 444. The number of nitrogens with two attached hydrogens (primary N) is 1. The number of hydrazine groups is 1. The normalized spacial score (nSPS) is 16.6. The van der Waals surface area contributed by atoms with Gasteiger partial charge >= 0.3 is 0 Å². The molecule has 5 nitrogen and oxygen atoms in total. The third-order valence-electron chi connectivity index (χ3n) is 3.40. The molecule has 1 fully saturated rings. The summed E-state index contributed by atoms with van der Waals surface area (Å²) in [5, 5.41) is 0. The molecule has 0 bridgehead atoms. The molecule has 2 heterocycles. The van der Waals surface area contributed by atoms with Gasteiger partial charge in [-0.25, -0.2) is 15.2 Å². The molecule has 0 spiro atoms. The van der Waals surface area contributed by atoms with Crippen molar-refractivity contribution in [3.63, 3.8) is 0 Å². The maximum absolute atomic E-state index is 14.0. The van der Waals surface area contributed by atoms with Gasteiger partial charge in [0.1, 0.15) is 0 Å². The molecule has 19 heavy (non-hydrogen) atoms. The van der Waals surface area contributed by atoms with Gasteiger partial charge in [-0.1, -0.05) is 19.3 Å². The molecule has 1 aromatic rings. The number of likely N-dealkylation sites (tertiary alicyclic amines) is 1. The second-order valence-electron chi connectivity index (χ2n) is 4.73. The highest BCUT2D eigenvalue weighted by Gasteiger charge is 2.21. The number of halogens is 1. The summed E-state index contributed by atoms with van der Waals surface area (Å²) in [5.74, 6) is 4.10. The molecule has 0 aliphatic carbocycles. The van der Waals surface area contributed by atoms with Gasteiger partial charge < -0.3 is 10.3 Å². The van der Waals surface area contributed by atoms with E-state index in [9.17, 15) is 9.18 Å². The lowest BCUT2D eigenvalue weighted by Crippen LogP contribution is -2.34. The lowest BCUT2D eigenvalue weighted by molar-refractivity contribution is 0.0737. The number of carbonyl (C=O) groups excluding carboxylic acids is 1. The lowest BCUT2D eigenvalue weighted by atomic mass is 10.1. The summed E-state index contributed by atoms with van der Waals surface area (Å²) < 4.78 is 14.0. The summed E-state index contributed by atoms with van der Waals surface area (Å²) in [6, 6.07) is 1.40. The van der Waals surface area contributed by atoms with Crippen molar-refractivity contribution in [2.75, 3.05) is 18.5 Å². The van der Waals surface area contributed by atoms with Gasteiger partial charge in [0.25, 0.3) is 5.91 Å². The van der Waals surface area contributed by atoms with Crippen molar-refractivity contribution in [3.8, 4) is 0 Å². The van der Waals surface area contributed by atoms with E-state index in [1.807, 2.05) is 0 Å². The second kappa shape index (κ2) is 6.47. The Balaban J connectivity index is 2.17. The van der Waals surface area contributed by atoms with E-state index >= 15 is 0 Å². The average molecular weight is 266 g/mol. The molecule has 1 aliphatic rings. The standard InChI is InChI=1S/C13H19FN4O/c14-11-10(6-7-16-12(11)17-15)13(19)18-8-4-2-1-3-5-9-18/h6-7H,1-5,8-9,15H2,(H,16,17). The molecule has 0 radical (unpaired) electrons. The van der Waals surface area contributed by atoms with Crippen LogP contribution in [0.5, 0.6) is 0 Å². The molecule has 0 unspecified atom stereocenters. The summed E-state index contributed by atoms with van der Waals surface area (Å²) in [7, 11) is 0. The summed E-state index contributed by atoms with van der Waals surface area (Å²) in [5.41, 5.74) is 2.19. The zero-order valence-corrected chi connectivity index (χ0v) is 10.9. The molecule has 0 saturated carbocycles. The molecule has 0 aromatic carbocycles. The minimum atomic E-state index is -0.683. The summed E-state index contributed by atoms with van der Waals surface area (Å²) in [4.78, 5) is 17.8. The van der Waals surface area contributed by atoms with Crippen molar-refractivity contribution >= 4 is 11.7 Å². The van der Waals surface area contributed by atoms with E-state index in [0.717, 1.165) is 25.7 Å². The van der Waals surface area contributed by atoms with Gasteiger partial charge in [0.2, 0.25) is 0 Å². The van der Waals surface area contributed by atoms with E-state index in [2.05, 4.69) is 10.4 Å². The van der Waals surface area contributed by atoms with Gasteiger partial charge in [0.15, 0.2) is 11.6 Å². The topological polar surface area (TPSA) is 71.2 Å².